The number of rotatable bonds is 54. The molecule has 3 N–H and O–H groups in total. The number of aliphatic hydroxyl groups is 2. The van der Waals surface area contributed by atoms with Crippen LogP contribution in [0.1, 0.15) is 303 Å². The molecule has 0 aliphatic carbocycles. The van der Waals surface area contributed by atoms with E-state index in [-0.39, 0.29) is 12.5 Å². The lowest BCUT2D eigenvalue weighted by molar-refractivity contribution is -0.123. The summed E-state index contributed by atoms with van der Waals surface area (Å²) >= 11 is 0. The highest BCUT2D eigenvalue weighted by atomic mass is 16.3. The van der Waals surface area contributed by atoms with Gasteiger partial charge in [-0.05, 0) is 70.6 Å². The van der Waals surface area contributed by atoms with Gasteiger partial charge < -0.3 is 15.5 Å². The van der Waals surface area contributed by atoms with Crippen LogP contribution in [-0.2, 0) is 4.79 Å². The molecule has 0 saturated carbocycles. The van der Waals surface area contributed by atoms with Crippen molar-refractivity contribution >= 4 is 5.91 Å². The molecule has 0 aromatic carbocycles. The molecular formula is C63H115NO3. The van der Waals surface area contributed by atoms with Crippen LogP contribution < -0.4 is 5.32 Å². The Morgan fingerprint density at radius 3 is 1.04 bits per heavy atom. The molecule has 0 radical (unpaired) electrons. The lowest BCUT2D eigenvalue weighted by Crippen LogP contribution is -2.45. The Morgan fingerprint density at radius 1 is 0.373 bits per heavy atom. The fourth-order valence-electron chi connectivity index (χ4n) is 8.95. The summed E-state index contributed by atoms with van der Waals surface area (Å²) < 4.78 is 0. The fourth-order valence-corrected chi connectivity index (χ4v) is 8.95. The number of carbonyl (C=O) groups is 1. The Bertz CT molecular complexity index is 1150. The number of nitrogens with one attached hydrogen (secondary N) is 1. The third-order valence-corrected chi connectivity index (χ3v) is 13.4. The minimum Gasteiger partial charge on any atom is -0.394 e. The molecule has 0 aliphatic rings. The standard InChI is InChI=1S/C63H115NO3/c1-3-5-7-9-11-13-15-17-19-21-23-25-27-29-31-32-33-35-37-39-41-43-45-47-49-51-53-55-57-59-63(67)64-61(60-65)62(66)58-56-54-52-50-48-46-44-42-40-38-36-34-30-28-26-24-22-20-18-16-14-12-10-8-6-4-2/h5,7,11,13,17,19,23,25,48,50,56,58,61-62,65-66H,3-4,6,8-10,12,14-16,18,20-22,24,26-47,49,51-55,57,59-60H2,1-2H3,(H,64,67)/b7-5-,13-11-,19-17-,25-23-,50-48+,58-56+. The summed E-state index contributed by atoms with van der Waals surface area (Å²) in [6.07, 6.45) is 83.7. The van der Waals surface area contributed by atoms with E-state index >= 15 is 0 Å². The van der Waals surface area contributed by atoms with Gasteiger partial charge in [-0.1, -0.05) is 299 Å². The first kappa shape index (κ1) is 64.8. The van der Waals surface area contributed by atoms with E-state index in [0.29, 0.717) is 6.42 Å². The highest BCUT2D eigenvalue weighted by molar-refractivity contribution is 5.76. The Kier molecular flexibility index (Phi) is 56.3. The van der Waals surface area contributed by atoms with Crippen LogP contribution in [0.2, 0.25) is 0 Å². The second-order valence-electron chi connectivity index (χ2n) is 20.0. The van der Waals surface area contributed by atoms with E-state index in [4.69, 9.17) is 0 Å². The smallest absolute Gasteiger partial charge is 0.220 e. The molecule has 0 aromatic rings. The van der Waals surface area contributed by atoms with E-state index in [1.807, 2.05) is 6.08 Å². The van der Waals surface area contributed by atoms with Gasteiger partial charge >= 0.3 is 0 Å². The van der Waals surface area contributed by atoms with E-state index in [0.717, 1.165) is 57.8 Å². The van der Waals surface area contributed by atoms with Crippen LogP contribution in [0, 0.1) is 0 Å². The van der Waals surface area contributed by atoms with Crippen LogP contribution in [0.25, 0.3) is 0 Å². The van der Waals surface area contributed by atoms with Crippen molar-refractivity contribution in [1.82, 2.24) is 5.32 Å². The van der Waals surface area contributed by atoms with Crippen LogP contribution >= 0.6 is 0 Å². The van der Waals surface area contributed by atoms with E-state index in [2.05, 4.69) is 79.9 Å². The van der Waals surface area contributed by atoms with Crippen molar-refractivity contribution in [3.05, 3.63) is 72.9 Å². The van der Waals surface area contributed by atoms with Crippen LogP contribution in [0.4, 0.5) is 0 Å². The second-order valence-corrected chi connectivity index (χ2v) is 20.0. The number of hydrogen-bond acceptors (Lipinski definition) is 3. The highest BCUT2D eigenvalue weighted by Gasteiger charge is 2.18. The van der Waals surface area contributed by atoms with Gasteiger partial charge in [-0.15, -0.1) is 0 Å². The Balaban J connectivity index is 3.52. The molecule has 4 nitrogen and oxygen atoms in total. The number of aliphatic hydroxyl groups excluding tert-OH is 2. The molecule has 0 fully saturated rings. The molecule has 390 valence electrons. The minimum absolute atomic E-state index is 0.0721. The summed E-state index contributed by atoms with van der Waals surface area (Å²) in [6, 6.07) is -0.643. The van der Waals surface area contributed by atoms with Gasteiger partial charge in [0.15, 0.2) is 0 Å². The van der Waals surface area contributed by atoms with E-state index < -0.39 is 12.1 Å². The average Bonchev–Trinajstić information content (AvgIpc) is 3.33. The quantitative estimate of drug-likeness (QED) is 0.0420. The topological polar surface area (TPSA) is 69.6 Å². The molecule has 2 unspecified atom stereocenters. The first-order chi connectivity index (χ1) is 33.2. The summed E-state index contributed by atoms with van der Waals surface area (Å²) in [5.41, 5.74) is 0. The lowest BCUT2D eigenvalue weighted by Gasteiger charge is -2.19. The molecule has 0 rings (SSSR count). The molecule has 0 aliphatic heterocycles. The number of hydrogen-bond donors (Lipinski definition) is 3. The van der Waals surface area contributed by atoms with Crippen molar-refractivity contribution in [2.24, 2.45) is 0 Å². The molecule has 2 atom stereocenters. The van der Waals surface area contributed by atoms with Gasteiger partial charge in [0.25, 0.3) is 0 Å². The minimum atomic E-state index is -0.866. The second kappa shape index (κ2) is 58.1. The van der Waals surface area contributed by atoms with Crippen molar-refractivity contribution in [3.63, 3.8) is 0 Å². The summed E-state index contributed by atoms with van der Waals surface area (Å²) in [7, 11) is 0. The van der Waals surface area contributed by atoms with Crippen LogP contribution in [0.15, 0.2) is 72.9 Å². The normalized spacial score (nSPS) is 13.3. The zero-order valence-electron chi connectivity index (χ0n) is 44.9. The molecule has 1 amide bonds. The van der Waals surface area contributed by atoms with Gasteiger partial charge in [-0.25, -0.2) is 0 Å². The molecule has 0 heterocycles. The monoisotopic (exact) mass is 934 g/mol. The van der Waals surface area contributed by atoms with Crippen molar-refractivity contribution in [3.8, 4) is 0 Å². The molecular weight excluding hydrogens is 819 g/mol. The van der Waals surface area contributed by atoms with Crippen LogP contribution in [0.5, 0.6) is 0 Å². The number of unbranched alkanes of at least 4 members (excludes halogenated alkanes) is 37. The maximum Gasteiger partial charge on any atom is 0.220 e. The molecule has 0 aromatic heterocycles. The molecule has 0 saturated heterocycles. The molecule has 0 bridgehead atoms. The van der Waals surface area contributed by atoms with Crippen molar-refractivity contribution in [1.29, 1.82) is 0 Å². The third-order valence-electron chi connectivity index (χ3n) is 13.4. The number of amides is 1. The first-order valence-corrected chi connectivity index (χ1v) is 29.7. The van der Waals surface area contributed by atoms with Crippen molar-refractivity contribution in [2.45, 2.75) is 315 Å². The predicted octanol–water partition coefficient (Wildman–Crippen LogP) is 19.8. The van der Waals surface area contributed by atoms with Gasteiger partial charge in [-0.3, -0.25) is 4.79 Å². The van der Waals surface area contributed by atoms with E-state index in [1.165, 1.54) is 225 Å². The maximum absolute atomic E-state index is 12.5. The van der Waals surface area contributed by atoms with Crippen LogP contribution in [0.3, 0.4) is 0 Å². The SMILES string of the molecule is CC/C=C\C/C=C\C/C=C\C/C=C\CCCCCCCCCCCCCCCCCCC(=O)NC(CO)C(O)/C=C/CC/C=C/CCCCCCCCCCCCCCCCCCCCCC. The summed E-state index contributed by atoms with van der Waals surface area (Å²) in [4.78, 5) is 12.5. The van der Waals surface area contributed by atoms with Gasteiger partial charge in [0.05, 0.1) is 18.8 Å². The van der Waals surface area contributed by atoms with Crippen molar-refractivity contribution in [2.75, 3.05) is 6.61 Å². The fraction of sp³-hybridized carbons (Fsp3) is 0.794. The largest absolute Gasteiger partial charge is 0.394 e. The average molecular weight is 935 g/mol. The first-order valence-electron chi connectivity index (χ1n) is 29.7. The summed E-state index contributed by atoms with van der Waals surface area (Å²) in [6.45, 7) is 4.21. The maximum atomic E-state index is 12.5. The van der Waals surface area contributed by atoms with Gasteiger partial charge in [0, 0.05) is 6.42 Å². The van der Waals surface area contributed by atoms with Gasteiger partial charge in [0.1, 0.15) is 0 Å². The molecule has 4 heteroatoms. The third kappa shape index (κ3) is 54.6. The predicted molar refractivity (Wildman–Crippen MR) is 299 cm³/mol. The molecule has 0 spiro atoms. The zero-order chi connectivity index (χ0) is 48.5. The summed E-state index contributed by atoms with van der Waals surface area (Å²) in [5.74, 6) is -0.0721. The van der Waals surface area contributed by atoms with Crippen molar-refractivity contribution < 1.29 is 15.0 Å². The van der Waals surface area contributed by atoms with E-state index in [1.54, 1.807) is 6.08 Å². The van der Waals surface area contributed by atoms with Gasteiger partial charge in [0.2, 0.25) is 5.91 Å². The highest BCUT2D eigenvalue weighted by Crippen LogP contribution is 2.17. The Labute approximate surface area is 419 Å². The Hall–Kier alpha value is -2.17. The van der Waals surface area contributed by atoms with E-state index in [9.17, 15) is 15.0 Å². The van der Waals surface area contributed by atoms with Gasteiger partial charge in [-0.2, -0.15) is 0 Å². The summed E-state index contributed by atoms with van der Waals surface area (Å²) in [5, 5.41) is 23.2. The zero-order valence-corrected chi connectivity index (χ0v) is 44.9. The Morgan fingerprint density at radius 2 is 0.672 bits per heavy atom. The molecule has 67 heavy (non-hydrogen) atoms. The van der Waals surface area contributed by atoms with Crippen LogP contribution in [-0.4, -0.2) is 34.9 Å². The number of carbonyl (C=O) groups excluding carboxylic acids is 1. The number of allylic oxidation sites excluding steroid dienone is 11. The lowest BCUT2D eigenvalue weighted by atomic mass is 10.0.